The van der Waals surface area contributed by atoms with Gasteiger partial charge in [-0.3, -0.25) is 9.13 Å². The minimum Gasteiger partial charge on any atom is -0.481 e. The van der Waals surface area contributed by atoms with Gasteiger partial charge in [0.25, 0.3) is 0 Å². The van der Waals surface area contributed by atoms with Gasteiger partial charge in [-0.2, -0.15) is 18.3 Å². The van der Waals surface area contributed by atoms with Crippen LogP contribution in [0.1, 0.15) is 51.1 Å². The number of hydrogen-bond donors (Lipinski definition) is 0. The Labute approximate surface area is 388 Å². The van der Waals surface area contributed by atoms with Gasteiger partial charge in [0.05, 0.1) is 60.2 Å². The maximum Gasteiger partial charge on any atom is 0.421 e. The van der Waals surface area contributed by atoms with E-state index in [2.05, 4.69) is 64.1 Å². The average Bonchev–Trinajstić information content (AvgIpc) is 4.16. The summed E-state index contributed by atoms with van der Waals surface area (Å²) in [4.78, 5) is 12.8. The van der Waals surface area contributed by atoms with Gasteiger partial charge in [0.2, 0.25) is 5.88 Å². The molecule has 11 rings (SSSR count). The first-order valence-corrected chi connectivity index (χ1v) is 20.9. The number of benzene rings is 2. The Kier molecular flexibility index (Phi) is 11.3. The molecule has 0 fully saturated rings. The van der Waals surface area contributed by atoms with Crippen molar-refractivity contribution in [1.82, 2.24) is 63.2 Å². The van der Waals surface area contributed by atoms with Crippen molar-refractivity contribution in [2.24, 2.45) is 0 Å². The van der Waals surface area contributed by atoms with Crippen LogP contribution >= 0.6 is 23.2 Å². The zero-order chi connectivity index (χ0) is 46.4. The predicted octanol–water partition coefficient (Wildman–Crippen LogP) is 7.45. The lowest BCUT2D eigenvalue weighted by atomic mass is 10.1. The van der Waals surface area contributed by atoms with Crippen molar-refractivity contribution >= 4 is 28.7 Å². The van der Waals surface area contributed by atoms with Crippen LogP contribution < -0.4 is 4.74 Å². The van der Waals surface area contributed by atoms with Crippen LogP contribution in [-0.2, 0) is 42.0 Å². The summed E-state index contributed by atoms with van der Waals surface area (Å²) in [6.07, 6.45) is 3.66. The van der Waals surface area contributed by atoms with Crippen LogP contribution in [0.2, 0.25) is 10.0 Å². The SMILES string of the molecule is COCc1nnc2n1Cc1c(C#Cc3cnc(OC)c(C(F)(F)F)c3)ncn1-c1ccc(Cl)cc1-2.COCc1nnc2n1Cc1c(C#Cc3cnn4ccccc34)ncn1-c1ccc(Cl)cc1-2. The molecule has 0 unspecified atom stereocenters. The van der Waals surface area contributed by atoms with E-state index >= 15 is 0 Å². The van der Waals surface area contributed by atoms with Crippen LogP contribution in [0.3, 0.4) is 0 Å². The zero-order valence-corrected chi connectivity index (χ0v) is 36.9. The van der Waals surface area contributed by atoms with Crippen LogP contribution in [0.4, 0.5) is 13.2 Å². The monoisotopic (exact) mass is 941 g/mol. The Morgan fingerprint density at radius 1 is 0.672 bits per heavy atom. The van der Waals surface area contributed by atoms with Crippen LogP contribution in [0.25, 0.3) is 39.7 Å². The van der Waals surface area contributed by atoms with Crippen molar-refractivity contribution in [3.05, 3.63) is 153 Å². The summed E-state index contributed by atoms with van der Waals surface area (Å²) in [5.74, 6) is 14.3. The molecule has 0 amide bonds. The number of alkyl halides is 3. The highest BCUT2D eigenvalue weighted by atomic mass is 35.5. The van der Waals surface area contributed by atoms with E-state index in [1.54, 1.807) is 49.7 Å². The molecule has 334 valence electrons. The Balaban J connectivity index is 0.000000157. The van der Waals surface area contributed by atoms with Gasteiger partial charge in [-0.1, -0.05) is 41.1 Å². The molecule has 0 radical (unpaired) electrons. The fourth-order valence-corrected chi connectivity index (χ4v) is 8.16. The van der Waals surface area contributed by atoms with E-state index in [0.717, 1.165) is 64.1 Å². The van der Waals surface area contributed by atoms with Gasteiger partial charge in [-0.25, -0.2) is 19.5 Å². The number of methoxy groups -OCH3 is 3. The molecule has 2 aromatic carbocycles. The van der Waals surface area contributed by atoms with E-state index in [4.69, 9.17) is 37.4 Å². The highest BCUT2D eigenvalue weighted by Crippen LogP contribution is 2.37. The number of aromatic nitrogens is 13. The fourth-order valence-electron chi connectivity index (χ4n) is 7.82. The van der Waals surface area contributed by atoms with Gasteiger partial charge < -0.3 is 23.3 Å². The molecule has 16 nitrogen and oxygen atoms in total. The van der Waals surface area contributed by atoms with Crippen molar-refractivity contribution in [3.8, 4) is 63.7 Å². The fraction of sp³-hybridized carbons (Fsp3) is 0.174. The molecular weight excluding hydrogens is 910 g/mol. The quantitative estimate of drug-likeness (QED) is 0.158. The van der Waals surface area contributed by atoms with Gasteiger partial charge >= 0.3 is 6.18 Å². The topological polar surface area (TPSA) is 155 Å². The van der Waals surface area contributed by atoms with E-state index < -0.39 is 17.6 Å². The summed E-state index contributed by atoms with van der Waals surface area (Å²) in [6, 6.07) is 17.9. The summed E-state index contributed by atoms with van der Waals surface area (Å²) in [5, 5.41) is 22.8. The van der Waals surface area contributed by atoms with E-state index in [0.29, 0.717) is 58.5 Å². The average molecular weight is 943 g/mol. The molecule has 0 bridgehead atoms. The van der Waals surface area contributed by atoms with Crippen LogP contribution in [0.15, 0.2) is 91.9 Å². The molecule has 9 aromatic rings. The summed E-state index contributed by atoms with van der Waals surface area (Å²) in [7, 11) is 4.33. The molecule has 9 heterocycles. The minimum atomic E-state index is -4.63. The van der Waals surface area contributed by atoms with Crippen molar-refractivity contribution in [2.75, 3.05) is 21.3 Å². The Morgan fingerprint density at radius 3 is 1.81 bits per heavy atom. The Hall–Kier alpha value is -7.81. The van der Waals surface area contributed by atoms with Crippen molar-refractivity contribution in [2.45, 2.75) is 32.5 Å². The minimum absolute atomic E-state index is 0.0748. The molecule has 0 N–H and O–H groups in total. The lowest BCUT2D eigenvalue weighted by Crippen LogP contribution is -2.09. The first-order valence-electron chi connectivity index (χ1n) is 20.2. The van der Waals surface area contributed by atoms with Crippen molar-refractivity contribution < 1.29 is 27.4 Å². The van der Waals surface area contributed by atoms with Gasteiger partial charge in [-0.15, -0.1) is 20.4 Å². The summed E-state index contributed by atoms with van der Waals surface area (Å²) in [5.41, 5.74) is 6.91. The van der Waals surface area contributed by atoms with Gasteiger partial charge in [0.15, 0.2) is 23.3 Å². The second-order valence-electron chi connectivity index (χ2n) is 14.9. The largest absolute Gasteiger partial charge is 0.481 e. The summed E-state index contributed by atoms with van der Waals surface area (Å²) in [6.45, 7) is 1.40. The third-order valence-electron chi connectivity index (χ3n) is 10.9. The second-order valence-corrected chi connectivity index (χ2v) is 15.8. The molecule has 67 heavy (non-hydrogen) atoms. The zero-order valence-electron chi connectivity index (χ0n) is 35.4. The summed E-state index contributed by atoms with van der Waals surface area (Å²) < 4.78 is 65.0. The molecule has 7 aromatic heterocycles. The molecule has 2 aliphatic heterocycles. The van der Waals surface area contributed by atoms with E-state index in [-0.39, 0.29) is 12.2 Å². The Morgan fingerprint density at radius 2 is 1.25 bits per heavy atom. The number of halogens is 5. The third kappa shape index (κ3) is 8.04. The number of pyridine rings is 2. The molecule has 0 aliphatic carbocycles. The smallest absolute Gasteiger partial charge is 0.421 e. The van der Waals surface area contributed by atoms with Gasteiger partial charge in [0, 0.05) is 53.3 Å². The number of imidazole rings is 2. The molecule has 0 spiro atoms. The molecule has 0 saturated heterocycles. The maximum absolute atomic E-state index is 13.4. The van der Waals surface area contributed by atoms with Gasteiger partial charge in [-0.05, 0) is 66.4 Å². The lowest BCUT2D eigenvalue weighted by molar-refractivity contribution is -0.139. The van der Waals surface area contributed by atoms with Crippen molar-refractivity contribution in [1.29, 1.82) is 0 Å². The number of ether oxygens (including phenoxy) is 3. The third-order valence-corrected chi connectivity index (χ3v) is 11.4. The number of rotatable bonds is 5. The number of fused-ring (bicyclic) bond motifs is 11. The Bertz CT molecular complexity index is 3510. The highest BCUT2D eigenvalue weighted by molar-refractivity contribution is 6.31. The molecule has 21 heteroatoms. The van der Waals surface area contributed by atoms with E-state index in [1.807, 2.05) is 66.9 Å². The lowest BCUT2D eigenvalue weighted by Gasteiger charge is -2.10. The molecule has 2 aliphatic rings. The van der Waals surface area contributed by atoms with Gasteiger partial charge in [0.1, 0.15) is 42.8 Å². The normalized spacial score (nSPS) is 12.1. The maximum atomic E-state index is 13.4. The number of nitrogens with zero attached hydrogens (tertiary/aromatic N) is 13. The predicted molar refractivity (Wildman–Crippen MR) is 238 cm³/mol. The first kappa shape index (κ1) is 43.1. The number of hydrogen-bond acceptors (Lipinski definition) is 11. The second kappa shape index (κ2) is 17.5. The standard InChI is InChI=1S/C23H16ClF3N6O2.C23H16ClN7O/c1-34-11-20-30-31-21-15-8-14(24)4-6-18(15)33-12-29-17(19(33)10-32(20)21)5-3-13-7-16(23(25,26)27)22(35-2)28-9-13;1-32-13-22-27-28-23-17-10-16(24)6-8-20(17)30-14-25-18(21(30)12-29(22)23)7-5-15-11-26-31-9-3-2-4-19(15)31/h4,6-9,12H,10-11H2,1-2H3;2-4,6,8-11,14H,12-13H2,1H3. The summed E-state index contributed by atoms with van der Waals surface area (Å²) >= 11 is 12.6. The molecule has 0 saturated carbocycles. The molecule has 0 atom stereocenters. The van der Waals surface area contributed by atoms with Crippen LogP contribution in [-0.4, -0.2) is 84.6 Å². The van der Waals surface area contributed by atoms with Crippen LogP contribution in [0.5, 0.6) is 5.88 Å². The highest BCUT2D eigenvalue weighted by Gasteiger charge is 2.35. The van der Waals surface area contributed by atoms with E-state index in [1.165, 1.54) is 6.20 Å². The molecular formula is C46H32Cl2F3N13O3. The first-order chi connectivity index (χ1) is 32.5. The van der Waals surface area contributed by atoms with Crippen LogP contribution in [0, 0.1) is 23.7 Å². The van der Waals surface area contributed by atoms with E-state index in [9.17, 15) is 13.2 Å². The van der Waals surface area contributed by atoms with Crippen molar-refractivity contribution in [3.63, 3.8) is 0 Å².